The number of carbonyl (C=O) groups is 1. The van der Waals surface area contributed by atoms with E-state index < -0.39 is 22.4 Å². The highest BCUT2D eigenvalue weighted by atomic mass is 16.9. The highest BCUT2D eigenvalue weighted by molar-refractivity contribution is 6.08. The number of hydrogen-bond acceptors (Lipinski definition) is 21. The summed E-state index contributed by atoms with van der Waals surface area (Å²) in [5.74, 6) is 0. The van der Waals surface area contributed by atoms with Crippen LogP contribution >= 0.6 is 0 Å². The average molecular weight is 1070 g/mol. The highest BCUT2D eigenvalue weighted by Gasteiger charge is 2.28. The van der Waals surface area contributed by atoms with Gasteiger partial charge in [-0.2, -0.15) is 0 Å². The van der Waals surface area contributed by atoms with Gasteiger partial charge in [-0.3, -0.25) is 35.4 Å². The summed E-state index contributed by atoms with van der Waals surface area (Å²) < 4.78 is 23.8. The molecule has 26 nitrogen and oxygen atoms in total. The zero-order valence-electron chi connectivity index (χ0n) is 41.6. The molecule has 0 aromatic heterocycles. The van der Waals surface area contributed by atoms with Gasteiger partial charge in [-0.1, -0.05) is 93.8 Å². The van der Waals surface area contributed by atoms with Gasteiger partial charge in [-0.25, -0.2) is 15.3 Å². The van der Waals surface area contributed by atoms with Gasteiger partial charge in [0.05, 0.1) is 65.5 Å². The molecule has 2 atom stereocenters. The van der Waals surface area contributed by atoms with Gasteiger partial charge in [0.1, 0.15) is 11.4 Å². The molecule has 3 aliphatic rings. The molecule has 416 valence electrons. The Morgan fingerprint density at radius 1 is 0.724 bits per heavy atom. The lowest BCUT2D eigenvalue weighted by atomic mass is 10.1. The van der Waals surface area contributed by atoms with Gasteiger partial charge in [-0.15, -0.1) is 10.1 Å². The van der Waals surface area contributed by atoms with Gasteiger partial charge in [0.15, 0.2) is 12.6 Å². The molecule has 76 heavy (non-hydrogen) atoms. The van der Waals surface area contributed by atoms with Crippen LogP contribution in [0.3, 0.4) is 0 Å². The number of aldehydes is 1. The van der Waals surface area contributed by atoms with E-state index in [9.17, 15) is 45.5 Å². The molecule has 0 saturated heterocycles. The maximum absolute atomic E-state index is 10.5. The summed E-state index contributed by atoms with van der Waals surface area (Å²) in [7, 11) is 8.29. The first-order valence-corrected chi connectivity index (χ1v) is 20.6. The number of nitro benzene ring substituents is 2. The molecule has 0 radical (unpaired) electrons. The van der Waals surface area contributed by atoms with Gasteiger partial charge in [0, 0.05) is 68.8 Å². The first-order valence-electron chi connectivity index (χ1n) is 20.6. The number of methoxy groups -OCH3 is 5. The van der Waals surface area contributed by atoms with E-state index in [4.69, 9.17) is 44.5 Å². The number of aliphatic hydroxyl groups is 2. The fourth-order valence-electron chi connectivity index (χ4n) is 5.65. The monoisotopic (exact) mass is 1070 g/mol. The topological polar surface area (TPSA) is 373 Å². The quantitative estimate of drug-likeness (QED) is 0.0120. The number of nitroso groups, excluding NO2 is 1. The number of rotatable bonds is 11. The fourth-order valence-corrected chi connectivity index (χ4v) is 5.65. The number of anilines is 1. The second-order valence-corrected chi connectivity index (χ2v) is 13.4. The molecule has 1 aliphatic heterocycles. The molecule has 0 saturated carbocycles. The van der Waals surface area contributed by atoms with Crippen molar-refractivity contribution in [3.05, 3.63) is 222 Å². The van der Waals surface area contributed by atoms with Gasteiger partial charge in [0.25, 0.3) is 17.1 Å². The number of benzene rings is 4. The van der Waals surface area contributed by atoms with E-state index in [0.717, 1.165) is 17.9 Å². The molecular weight excluding hydrogens is 1000 g/mol. The Kier molecular flexibility index (Phi) is 38.0. The van der Waals surface area contributed by atoms with Crippen LogP contribution in [0.2, 0.25) is 0 Å². The number of para-hydroxylation sites is 3. The van der Waals surface area contributed by atoms with Gasteiger partial charge in [0.2, 0.25) is 11.2 Å². The number of ether oxygens (including phenoxy) is 5. The lowest BCUT2D eigenvalue weighted by Crippen LogP contribution is -2.15. The van der Waals surface area contributed by atoms with E-state index in [2.05, 4.69) is 9.91 Å². The third kappa shape index (κ3) is 23.7. The molecule has 4 aromatic rings. The summed E-state index contributed by atoms with van der Waals surface area (Å²) in [6.45, 7) is 0.275. The van der Waals surface area contributed by atoms with E-state index in [1.807, 2.05) is 18.2 Å². The van der Waals surface area contributed by atoms with Crippen molar-refractivity contribution in [2.45, 2.75) is 34.0 Å². The first kappa shape index (κ1) is 71.3. The molecule has 26 heteroatoms. The number of allylic oxidation sites excluding steroid dienone is 10. The van der Waals surface area contributed by atoms with Crippen molar-refractivity contribution in [3.63, 3.8) is 0 Å². The van der Waals surface area contributed by atoms with Gasteiger partial charge < -0.3 is 46.0 Å². The Balaban J connectivity index is -0.000000409. The van der Waals surface area contributed by atoms with Crippen LogP contribution in [0.15, 0.2) is 175 Å². The maximum Gasteiger partial charge on any atom is 0.321 e. The standard InChI is InChI=1S/C8H9NO4.C8H9NO3.C8H10NO3.2C8H9NO3.C7H5NO2.CH4O.2CH4.H2O.H/c1-13-8(10)6-4-2-3-5-7(6)9(11)12;1-11-8-6-4-2-3-5-7(6)9(10)12-8;3*1-12-6-7-4-2-3-5-8(7)9(10)11;9-5-6-3-1-2-4-7(6)8-10;1-2;;;;/h2-5,8,10H,1H3;2-5,8,10H,1H3;2-6,10-11H,1H3;2-5H,6H2,1H3;2-6H,1H3,(H,10,11);1-5H;2H,1H3;2*1H4;1H2;/q;;+1;;;;;;;;-1. The molecule has 4 aromatic carbocycles. The molecule has 0 fully saturated rings. The molecule has 0 bridgehead atoms. The Bertz CT molecular complexity index is 2560. The fraction of sp³-hybridized carbons (Fsp3) is 0.220. The smallest absolute Gasteiger partial charge is 0.321 e. The molecule has 8 N–H and O–H groups in total. The van der Waals surface area contributed by atoms with Crippen molar-refractivity contribution < 1.29 is 90.9 Å². The first-order chi connectivity index (χ1) is 35.1. The molecule has 2 aliphatic carbocycles. The Hall–Kier alpha value is -8.99. The SMILES string of the molecule is C.C.CO.COC(O)c1ccccc1[N+](=O)[O-].COC1ON(O)c2ccccc21.COC=C1C=CC=C/C1=[N+](\[O-])O.COC=C1C=CC=CC1=[N+](O)O.COCc1ccccc1[N+](=O)[O-].O.O=Cc1ccccc1N=O.[H-]. The number of fused-ring (bicyclic) bond motifs is 1. The summed E-state index contributed by atoms with van der Waals surface area (Å²) in [5, 5.41) is 86.4. The van der Waals surface area contributed by atoms with Crippen LogP contribution in [-0.4, -0.2) is 117 Å². The predicted molar refractivity (Wildman–Crippen MR) is 280 cm³/mol. The maximum atomic E-state index is 10.5. The second-order valence-electron chi connectivity index (χ2n) is 13.4. The van der Waals surface area contributed by atoms with Crippen molar-refractivity contribution in [2.75, 3.05) is 47.9 Å². The highest BCUT2D eigenvalue weighted by Crippen LogP contribution is 2.36. The van der Waals surface area contributed by atoms with Crippen LogP contribution in [0, 0.1) is 30.3 Å². The number of nitro groups is 2. The van der Waals surface area contributed by atoms with Crippen molar-refractivity contribution in [1.29, 1.82) is 0 Å². The van der Waals surface area contributed by atoms with Crippen LogP contribution in [-0.2, 0) is 35.1 Å². The van der Waals surface area contributed by atoms with Gasteiger partial charge >= 0.3 is 5.71 Å². The third-order valence-corrected chi connectivity index (χ3v) is 8.86. The number of carbonyl (C=O) groups excluding carboxylic acids is 1. The third-order valence-electron chi connectivity index (χ3n) is 8.86. The molecule has 0 amide bonds. The minimum absolute atomic E-state index is 0. The molecule has 0 spiro atoms. The Morgan fingerprint density at radius 2 is 1.21 bits per heavy atom. The number of aliphatic hydroxyl groups excluding tert-OH is 2. The molecule has 2 unspecified atom stereocenters. The summed E-state index contributed by atoms with van der Waals surface area (Å²) in [6, 6.07) is 26.1. The van der Waals surface area contributed by atoms with Crippen LogP contribution in [0.4, 0.5) is 22.7 Å². The van der Waals surface area contributed by atoms with E-state index in [-0.39, 0.29) is 72.2 Å². The van der Waals surface area contributed by atoms with E-state index in [1.54, 1.807) is 91.1 Å². The van der Waals surface area contributed by atoms with Crippen LogP contribution in [0.25, 0.3) is 0 Å². The molecule has 1 heterocycles. The van der Waals surface area contributed by atoms with Crippen LogP contribution in [0.1, 0.15) is 55.9 Å². The predicted octanol–water partition coefficient (Wildman–Crippen LogP) is 8.37. The minimum atomic E-state index is -1.25. The lowest BCUT2D eigenvalue weighted by molar-refractivity contribution is -0.954. The van der Waals surface area contributed by atoms with Crippen molar-refractivity contribution >= 4 is 40.5 Å². The zero-order chi connectivity index (χ0) is 54.7. The number of hydrogen-bond donors (Lipinski definition) is 6. The largest absolute Gasteiger partial charge is 1.00 e. The van der Waals surface area contributed by atoms with Crippen molar-refractivity contribution in [2.24, 2.45) is 5.18 Å². The van der Waals surface area contributed by atoms with E-state index >= 15 is 0 Å². The van der Waals surface area contributed by atoms with Crippen molar-refractivity contribution in [3.8, 4) is 0 Å². The number of nitrogens with zero attached hydrogens (tertiary/aromatic N) is 6. The molecular formula is C50H66N6O20. The van der Waals surface area contributed by atoms with E-state index in [1.165, 1.54) is 84.5 Å². The normalized spacial score (nSPS) is 14.8. The Labute approximate surface area is 439 Å². The minimum Gasteiger partial charge on any atom is -1.00 e. The van der Waals surface area contributed by atoms with Crippen molar-refractivity contribution in [1.82, 2.24) is 0 Å². The molecule has 7 rings (SSSR count). The van der Waals surface area contributed by atoms with E-state index in [0.29, 0.717) is 34.2 Å². The lowest BCUT2D eigenvalue weighted by Gasteiger charge is -2.08. The zero-order valence-corrected chi connectivity index (χ0v) is 40.6. The van der Waals surface area contributed by atoms with Crippen LogP contribution in [0.5, 0.6) is 0 Å². The van der Waals surface area contributed by atoms with Gasteiger partial charge in [-0.05, 0) is 47.7 Å². The summed E-state index contributed by atoms with van der Waals surface area (Å²) in [6.07, 6.45) is 15.0. The average Bonchev–Trinajstić information content (AvgIpc) is 3.75. The summed E-state index contributed by atoms with van der Waals surface area (Å²) >= 11 is 0. The van der Waals surface area contributed by atoms with Crippen LogP contribution < -0.4 is 5.23 Å². The summed E-state index contributed by atoms with van der Waals surface area (Å²) in [4.78, 5) is 44.9. The summed E-state index contributed by atoms with van der Waals surface area (Å²) in [5.41, 5.74) is 4.30. The second kappa shape index (κ2) is 40.5. The Morgan fingerprint density at radius 3 is 1.70 bits per heavy atom.